The molecule has 5 heteroatoms. The van der Waals surface area contributed by atoms with Gasteiger partial charge in [0.25, 0.3) is 0 Å². The van der Waals surface area contributed by atoms with E-state index in [2.05, 4.69) is 12.2 Å². The largest absolute Gasteiger partial charge is 0.481 e. The van der Waals surface area contributed by atoms with E-state index < -0.39 is 5.97 Å². The van der Waals surface area contributed by atoms with Crippen LogP contribution in [0, 0.1) is 5.92 Å². The lowest BCUT2D eigenvalue weighted by molar-refractivity contribution is -0.137. The summed E-state index contributed by atoms with van der Waals surface area (Å²) in [5, 5.41) is 11.8. The van der Waals surface area contributed by atoms with E-state index >= 15 is 0 Å². The van der Waals surface area contributed by atoms with E-state index in [9.17, 15) is 9.59 Å². The number of likely N-dealkylation sites (tertiary alicyclic amines) is 1. The maximum absolute atomic E-state index is 12.3. The van der Waals surface area contributed by atoms with Crippen LogP contribution in [-0.2, 0) is 4.79 Å². The van der Waals surface area contributed by atoms with E-state index in [0.29, 0.717) is 12.3 Å². The molecule has 1 aromatic rings. The highest BCUT2D eigenvalue weighted by Crippen LogP contribution is 2.20. The zero-order valence-corrected chi connectivity index (χ0v) is 12.3. The average molecular weight is 290 g/mol. The number of nitrogens with one attached hydrogen (secondary N) is 1. The van der Waals surface area contributed by atoms with Crippen LogP contribution in [0.2, 0.25) is 0 Å². The Bertz CT molecular complexity index is 490. The van der Waals surface area contributed by atoms with Crippen molar-refractivity contribution in [2.75, 3.05) is 13.1 Å². The molecule has 2 N–H and O–H groups in total. The molecular formula is C16H22N2O3. The van der Waals surface area contributed by atoms with Crippen molar-refractivity contribution in [3.05, 3.63) is 35.9 Å². The lowest BCUT2D eigenvalue weighted by Crippen LogP contribution is -2.40. The first-order valence-electron chi connectivity index (χ1n) is 7.38. The fraction of sp³-hybridized carbons (Fsp3) is 0.500. The molecule has 1 aliphatic heterocycles. The molecule has 0 spiro atoms. The molecule has 1 fully saturated rings. The van der Waals surface area contributed by atoms with Gasteiger partial charge in [-0.3, -0.25) is 4.79 Å². The minimum absolute atomic E-state index is 0.0379. The number of carbonyl (C=O) groups is 2. The number of nitrogens with zero attached hydrogens (tertiary/aromatic N) is 1. The van der Waals surface area contributed by atoms with Gasteiger partial charge in [-0.25, -0.2) is 4.79 Å². The van der Waals surface area contributed by atoms with E-state index in [1.165, 1.54) is 0 Å². The van der Waals surface area contributed by atoms with Crippen LogP contribution in [0.15, 0.2) is 30.3 Å². The standard InChI is InChI=1S/C16H22N2O3/c1-12-9-10-18(11-12)16(21)17-14(7-8-15(19)20)13-5-3-2-4-6-13/h2-6,12,14H,7-11H2,1H3,(H,17,21)(H,19,20). The van der Waals surface area contributed by atoms with Crippen molar-refractivity contribution < 1.29 is 14.7 Å². The molecule has 0 radical (unpaired) electrons. The van der Waals surface area contributed by atoms with Crippen molar-refractivity contribution in [2.24, 2.45) is 5.92 Å². The molecule has 1 aromatic carbocycles. The Labute approximate surface area is 125 Å². The molecule has 1 heterocycles. The van der Waals surface area contributed by atoms with Gasteiger partial charge in [0.05, 0.1) is 6.04 Å². The summed E-state index contributed by atoms with van der Waals surface area (Å²) in [6.45, 7) is 3.67. The van der Waals surface area contributed by atoms with Crippen LogP contribution < -0.4 is 5.32 Å². The Morgan fingerprint density at radius 1 is 1.38 bits per heavy atom. The van der Waals surface area contributed by atoms with Gasteiger partial charge < -0.3 is 15.3 Å². The number of aliphatic carboxylic acids is 1. The molecule has 5 nitrogen and oxygen atoms in total. The maximum Gasteiger partial charge on any atom is 0.317 e. The second kappa shape index (κ2) is 7.11. The van der Waals surface area contributed by atoms with E-state index in [-0.39, 0.29) is 18.5 Å². The number of carbonyl (C=O) groups excluding carboxylic acids is 1. The number of amides is 2. The first-order valence-corrected chi connectivity index (χ1v) is 7.38. The van der Waals surface area contributed by atoms with Crippen LogP contribution in [0.4, 0.5) is 4.79 Å². The highest BCUT2D eigenvalue weighted by atomic mass is 16.4. The van der Waals surface area contributed by atoms with Crippen molar-refractivity contribution in [2.45, 2.75) is 32.2 Å². The highest BCUT2D eigenvalue weighted by Gasteiger charge is 2.25. The summed E-state index contributed by atoms with van der Waals surface area (Å²) in [5.41, 5.74) is 0.944. The summed E-state index contributed by atoms with van der Waals surface area (Å²) in [4.78, 5) is 24.9. The Balaban J connectivity index is 2.01. The summed E-state index contributed by atoms with van der Waals surface area (Å²) in [6.07, 6.45) is 1.46. The first kappa shape index (κ1) is 15.4. The molecule has 1 saturated heterocycles. The number of carboxylic acid groups (broad SMARTS) is 1. The van der Waals surface area contributed by atoms with Gasteiger partial charge in [0.2, 0.25) is 0 Å². The Morgan fingerprint density at radius 2 is 2.10 bits per heavy atom. The van der Waals surface area contributed by atoms with Gasteiger partial charge >= 0.3 is 12.0 Å². The number of hydrogen-bond donors (Lipinski definition) is 2. The number of carboxylic acids is 1. The highest BCUT2D eigenvalue weighted by molar-refractivity contribution is 5.75. The Morgan fingerprint density at radius 3 is 2.67 bits per heavy atom. The van der Waals surface area contributed by atoms with Gasteiger partial charge in [-0.1, -0.05) is 37.3 Å². The number of hydrogen-bond acceptors (Lipinski definition) is 2. The van der Waals surface area contributed by atoms with Gasteiger partial charge in [-0.2, -0.15) is 0 Å². The van der Waals surface area contributed by atoms with Gasteiger partial charge in [-0.05, 0) is 24.3 Å². The van der Waals surface area contributed by atoms with Crippen LogP contribution in [0.5, 0.6) is 0 Å². The molecule has 114 valence electrons. The number of rotatable bonds is 5. The number of benzene rings is 1. The minimum atomic E-state index is -0.847. The van der Waals surface area contributed by atoms with Crippen molar-refractivity contribution in [3.63, 3.8) is 0 Å². The van der Waals surface area contributed by atoms with Crippen LogP contribution >= 0.6 is 0 Å². The summed E-state index contributed by atoms with van der Waals surface area (Å²) in [7, 11) is 0. The monoisotopic (exact) mass is 290 g/mol. The summed E-state index contributed by atoms with van der Waals surface area (Å²) >= 11 is 0. The molecule has 2 unspecified atom stereocenters. The second-order valence-electron chi connectivity index (χ2n) is 5.69. The van der Waals surface area contributed by atoms with Gasteiger partial charge in [0, 0.05) is 19.5 Å². The van der Waals surface area contributed by atoms with Crippen molar-refractivity contribution in [1.82, 2.24) is 10.2 Å². The molecule has 21 heavy (non-hydrogen) atoms. The minimum Gasteiger partial charge on any atom is -0.481 e. The van der Waals surface area contributed by atoms with E-state index in [4.69, 9.17) is 5.11 Å². The average Bonchev–Trinajstić information content (AvgIpc) is 2.90. The van der Waals surface area contributed by atoms with Crippen molar-refractivity contribution in [3.8, 4) is 0 Å². The fourth-order valence-corrected chi connectivity index (χ4v) is 2.64. The zero-order valence-electron chi connectivity index (χ0n) is 12.3. The van der Waals surface area contributed by atoms with Gasteiger partial charge in [0.15, 0.2) is 0 Å². The van der Waals surface area contributed by atoms with E-state index in [1.807, 2.05) is 30.3 Å². The lowest BCUT2D eigenvalue weighted by atomic mass is 10.0. The molecule has 0 saturated carbocycles. The van der Waals surface area contributed by atoms with Gasteiger partial charge in [-0.15, -0.1) is 0 Å². The topological polar surface area (TPSA) is 69.6 Å². The summed E-state index contributed by atoms with van der Waals surface area (Å²) in [6, 6.07) is 9.17. The molecule has 2 atom stereocenters. The summed E-state index contributed by atoms with van der Waals surface area (Å²) in [5.74, 6) is -0.315. The molecule has 2 amide bonds. The Hall–Kier alpha value is -2.04. The molecule has 0 bridgehead atoms. The molecule has 2 rings (SSSR count). The number of urea groups is 1. The lowest BCUT2D eigenvalue weighted by Gasteiger charge is -2.23. The third-order valence-corrected chi connectivity index (χ3v) is 3.86. The normalized spacial score (nSPS) is 19.3. The first-order chi connectivity index (χ1) is 10.1. The molecule has 0 aromatic heterocycles. The molecular weight excluding hydrogens is 268 g/mol. The predicted octanol–water partition coefficient (Wildman–Crippen LogP) is 2.64. The SMILES string of the molecule is CC1CCN(C(=O)NC(CCC(=O)O)c2ccccc2)C1. The maximum atomic E-state index is 12.3. The van der Waals surface area contributed by atoms with Gasteiger partial charge in [0.1, 0.15) is 0 Å². The summed E-state index contributed by atoms with van der Waals surface area (Å²) < 4.78 is 0. The predicted molar refractivity (Wildman–Crippen MR) is 79.9 cm³/mol. The van der Waals surface area contributed by atoms with E-state index in [1.54, 1.807) is 4.90 Å². The van der Waals surface area contributed by atoms with Crippen LogP contribution in [0.1, 0.15) is 37.8 Å². The van der Waals surface area contributed by atoms with Crippen LogP contribution in [-0.4, -0.2) is 35.1 Å². The fourth-order valence-electron chi connectivity index (χ4n) is 2.64. The molecule has 1 aliphatic rings. The Kier molecular flexibility index (Phi) is 5.20. The molecule has 0 aliphatic carbocycles. The zero-order chi connectivity index (χ0) is 15.2. The third kappa shape index (κ3) is 4.48. The van der Waals surface area contributed by atoms with E-state index in [0.717, 1.165) is 25.1 Å². The smallest absolute Gasteiger partial charge is 0.317 e. The van der Waals surface area contributed by atoms with Crippen molar-refractivity contribution in [1.29, 1.82) is 0 Å². The quantitative estimate of drug-likeness (QED) is 0.876. The van der Waals surface area contributed by atoms with Crippen molar-refractivity contribution >= 4 is 12.0 Å². The van der Waals surface area contributed by atoms with Crippen LogP contribution in [0.3, 0.4) is 0 Å². The third-order valence-electron chi connectivity index (χ3n) is 3.86. The van der Waals surface area contributed by atoms with Crippen LogP contribution in [0.25, 0.3) is 0 Å². The second-order valence-corrected chi connectivity index (χ2v) is 5.69.